The van der Waals surface area contributed by atoms with Gasteiger partial charge in [-0.15, -0.1) is 0 Å². The van der Waals surface area contributed by atoms with E-state index in [2.05, 4.69) is 12.3 Å². The highest BCUT2D eigenvalue weighted by molar-refractivity contribution is 8.00. The molecule has 0 bridgehead atoms. The Morgan fingerprint density at radius 3 is 2.95 bits per heavy atom. The van der Waals surface area contributed by atoms with Gasteiger partial charge in [-0.25, -0.2) is 4.39 Å². The average molecular weight is 283 g/mol. The van der Waals surface area contributed by atoms with Crippen LogP contribution in [0, 0.1) is 5.82 Å². The van der Waals surface area contributed by atoms with Gasteiger partial charge in [-0.2, -0.15) is 11.8 Å². The highest BCUT2D eigenvalue weighted by atomic mass is 32.2. The van der Waals surface area contributed by atoms with E-state index >= 15 is 0 Å². The van der Waals surface area contributed by atoms with Crippen LogP contribution in [0.5, 0.6) is 0 Å². The molecule has 0 radical (unpaired) electrons. The third-order valence-corrected chi connectivity index (χ3v) is 4.87. The molecule has 1 amide bonds. The maximum absolute atomic E-state index is 13.6. The van der Waals surface area contributed by atoms with Gasteiger partial charge in [0.1, 0.15) is 5.82 Å². The Morgan fingerprint density at radius 2 is 2.26 bits per heavy atom. The van der Waals surface area contributed by atoms with Crippen molar-refractivity contribution in [2.45, 2.75) is 25.1 Å². The van der Waals surface area contributed by atoms with Gasteiger partial charge in [0, 0.05) is 23.6 Å². The summed E-state index contributed by atoms with van der Waals surface area (Å²) in [7, 11) is 0. The molecule has 1 saturated heterocycles. The molecule has 2 rings (SSSR count). The third-order valence-electron chi connectivity index (χ3n) is 3.53. The first-order chi connectivity index (χ1) is 9.06. The second kappa shape index (κ2) is 5.79. The van der Waals surface area contributed by atoms with E-state index in [-0.39, 0.29) is 23.2 Å². The summed E-state index contributed by atoms with van der Waals surface area (Å²) in [5.74, 6) is 5.53. The van der Waals surface area contributed by atoms with Crippen LogP contribution in [0.2, 0.25) is 0 Å². The summed E-state index contributed by atoms with van der Waals surface area (Å²) >= 11 is 1.85. The number of nitrogens with zero attached hydrogens (tertiary/aromatic N) is 1. The lowest BCUT2D eigenvalue weighted by Crippen LogP contribution is -2.48. The monoisotopic (exact) mass is 283 g/mol. The minimum Gasteiger partial charge on any atom is -0.334 e. The van der Waals surface area contributed by atoms with Crippen molar-refractivity contribution in [3.63, 3.8) is 0 Å². The molecule has 1 heterocycles. The van der Waals surface area contributed by atoms with Gasteiger partial charge >= 0.3 is 0 Å². The second-order valence-electron chi connectivity index (χ2n) is 4.62. The fraction of sp³-hybridized carbons (Fsp3) is 0.462. The van der Waals surface area contributed by atoms with Crippen molar-refractivity contribution in [1.29, 1.82) is 0 Å². The van der Waals surface area contributed by atoms with Gasteiger partial charge in [0.25, 0.3) is 5.91 Å². The van der Waals surface area contributed by atoms with E-state index in [1.54, 1.807) is 11.0 Å². The summed E-state index contributed by atoms with van der Waals surface area (Å²) in [4.78, 5) is 14.3. The Bertz CT molecular complexity index is 483. The van der Waals surface area contributed by atoms with Gasteiger partial charge in [0.05, 0.1) is 11.3 Å². The molecule has 0 spiro atoms. The number of rotatable bonds is 2. The van der Waals surface area contributed by atoms with E-state index in [1.165, 1.54) is 12.1 Å². The molecular weight excluding hydrogens is 265 g/mol. The number of nitrogen functional groups attached to an aromatic ring is 1. The lowest BCUT2D eigenvalue weighted by atomic mass is 10.1. The topological polar surface area (TPSA) is 58.4 Å². The smallest absolute Gasteiger partial charge is 0.256 e. The molecule has 3 N–H and O–H groups in total. The van der Waals surface area contributed by atoms with Crippen LogP contribution < -0.4 is 11.3 Å². The van der Waals surface area contributed by atoms with E-state index in [4.69, 9.17) is 5.84 Å². The molecular formula is C13H18FN3OS. The standard InChI is InChI=1S/C13H18FN3OS/c1-8-9(2)19-7-6-17(8)13(18)10-4-3-5-11(14)12(10)16-15/h3-5,8-9,16H,6-7,15H2,1-2H3. The molecule has 0 aliphatic carbocycles. The van der Waals surface area contributed by atoms with Gasteiger partial charge < -0.3 is 10.3 Å². The van der Waals surface area contributed by atoms with Crippen molar-refractivity contribution in [2.75, 3.05) is 17.7 Å². The number of halogens is 1. The molecule has 1 aliphatic rings. The van der Waals surface area contributed by atoms with Crippen LogP contribution in [0.4, 0.5) is 10.1 Å². The predicted molar refractivity (Wildman–Crippen MR) is 76.6 cm³/mol. The summed E-state index contributed by atoms with van der Waals surface area (Å²) in [6.07, 6.45) is 0. The maximum Gasteiger partial charge on any atom is 0.256 e. The average Bonchev–Trinajstić information content (AvgIpc) is 2.41. The Hall–Kier alpha value is -1.27. The van der Waals surface area contributed by atoms with Crippen molar-refractivity contribution in [3.8, 4) is 0 Å². The van der Waals surface area contributed by atoms with E-state index in [0.29, 0.717) is 11.8 Å². The van der Waals surface area contributed by atoms with Crippen molar-refractivity contribution in [1.82, 2.24) is 4.90 Å². The molecule has 1 aliphatic heterocycles. The number of thioether (sulfide) groups is 1. The van der Waals surface area contributed by atoms with E-state index in [1.807, 2.05) is 18.7 Å². The van der Waals surface area contributed by atoms with Crippen LogP contribution in [-0.2, 0) is 0 Å². The molecule has 2 atom stereocenters. The Balaban J connectivity index is 2.31. The first-order valence-electron chi connectivity index (χ1n) is 6.24. The molecule has 1 aromatic carbocycles. The summed E-state index contributed by atoms with van der Waals surface area (Å²) in [6, 6.07) is 4.53. The van der Waals surface area contributed by atoms with Crippen molar-refractivity contribution in [2.24, 2.45) is 5.84 Å². The highest BCUT2D eigenvalue weighted by Crippen LogP contribution is 2.28. The third kappa shape index (κ3) is 2.69. The zero-order valence-corrected chi connectivity index (χ0v) is 11.8. The summed E-state index contributed by atoms with van der Waals surface area (Å²) in [5.41, 5.74) is 2.63. The number of carbonyl (C=O) groups is 1. The Kier molecular flexibility index (Phi) is 4.31. The Labute approximate surface area is 116 Å². The van der Waals surface area contributed by atoms with Crippen molar-refractivity contribution in [3.05, 3.63) is 29.6 Å². The number of anilines is 1. The molecule has 1 aromatic rings. The van der Waals surface area contributed by atoms with Crippen molar-refractivity contribution >= 4 is 23.4 Å². The van der Waals surface area contributed by atoms with Crippen LogP contribution in [0.3, 0.4) is 0 Å². The van der Waals surface area contributed by atoms with Gasteiger partial charge in [-0.1, -0.05) is 13.0 Å². The van der Waals surface area contributed by atoms with Crippen LogP contribution in [0.25, 0.3) is 0 Å². The van der Waals surface area contributed by atoms with Crippen LogP contribution in [0.1, 0.15) is 24.2 Å². The van der Waals surface area contributed by atoms with Crippen LogP contribution in [-0.4, -0.2) is 34.4 Å². The summed E-state index contributed by atoms with van der Waals surface area (Å²) in [5, 5.41) is 0.376. The molecule has 4 nitrogen and oxygen atoms in total. The summed E-state index contributed by atoms with van der Waals surface area (Å²) < 4.78 is 13.6. The minimum absolute atomic E-state index is 0.0607. The predicted octanol–water partition coefficient (Wildman–Crippen LogP) is 2.08. The number of hydrazine groups is 1. The zero-order valence-electron chi connectivity index (χ0n) is 11.0. The van der Waals surface area contributed by atoms with Gasteiger partial charge in [0.15, 0.2) is 0 Å². The van der Waals surface area contributed by atoms with E-state index in [0.717, 1.165) is 5.75 Å². The second-order valence-corrected chi connectivity index (χ2v) is 6.11. The fourth-order valence-corrected chi connectivity index (χ4v) is 3.32. The lowest BCUT2D eigenvalue weighted by Gasteiger charge is -2.37. The SMILES string of the molecule is CC1SCCN(C(=O)c2cccc(F)c2NN)C1C. The first-order valence-corrected chi connectivity index (χ1v) is 7.28. The number of hydrogen-bond donors (Lipinski definition) is 2. The minimum atomic E-state index is -0.513. The van der Waals surface area contributed by atoms with Gasteiger partial charge in [-0.05, 0) is 19.1 Å². The number of nitrogens with two attached hydrogens (primary N) is 1. The van der Waals surface area contributed by atoms with E-state index in [9.17, 15) is 9.18 Å². The summed E-state index contributed by atoms with van der Waals surface area (Å²) in [6.45, 7) is 4.79. The quantitative estimate of drug-likeness (QED) is 0.644. The molecule has 19 heavy (non-hydrogen) atoms. The molecule has 0 saturated carbocycles. The van der Waals surface area contributed by atoms with Crippen LogP contribution in [0.15, 0.2) is 18.2 Å². The number of carbonyl (C=O) groups excluding carboxylic acids is 1. The number of para-hydroxylation sites is 1. The number of hydrogen-bond acceptors (Lipinski definition) is 4. The molecule has 6 heteroatoms. The lowest BCUT2D eigenvalue weighted by molar-refractivity contribution is 0.0698. The zero-order chi connectivity index (χ0) is 14.0. The maximum atomic E-state index is 13.6. The largest absolute Gasteiger partial charge is 0.334 e. The van der Waals surface area contributed by atoms with Crippen molar-refractivity contribution < 1.29 is 9.18 Å². The van der Waals surface area contributed by atoms with Gasteiger partial charge in [-0.3, -0.25) is 10.6 Å². The Morgan fingerprint density at radius 1 is 1.53 bits per heavy atom. The number of benzene rings is 1. The fourth-order valence-electron chi connectivity index (χ4n) is 2.22. The molecule has 104 valence electrons. The number of nitrogens with one attached hydrogen (secondary N) is 1. The van der Waals surface area contributed by atoms with Gasteiger partial charge in [0.2, 0.25) is 0 Å². The van der Waals surface area contributed by atoms with E-state index < -0.39 is 5.82 Å². The molecule has 2 unspecified atom stereocenters. The normalized spacial score (nSPS) is 23.3. The molecule has 0 aromatic heterocycles. The molecule has 1 fully saturated rings. The highest BCUT2D eigenvalue weighted by Gasteiger charge is 2.30. The number of amides is 1. The van der Waals surface area contributed by atoms with Crippen LogP contribution >= 0.6 is 11.8 Å². The first kappa shape index (κ1) is 14.1.